The van der Waals surface area contributed by atoms with Crippen molar-refractivity contribution in [2.75, 3.05) is 20.6 Å². The number of aromatic nitrogens is 1. The zero-order chi connectivity index (χ0) is 22.9. The van der Waals surface area contributed by atoms with Crippen molar-refractivity contribution in [2.45, 2.75) is 18.4 Å². The number of benzene rings is 2. The number of carbonyl (C=O) groups excluding carboxylic acids is 1. The Labute approximate surface area is 192 Å². The van der Waals surface area contributed by atoms with E-state index in [1.165, 1.54) is 26.2 Å². The Bertz CT molecular complexity index is 1300. The van der Waals surface area contributed by atoms with Crippen molar-refractivity contribution >= 4 is 39.2 Å². The lowest BCUT2D eigenvalue weighted by atomic mass is 10.0. The van der Waals surface area contributed by atoms with E-state index >= 15 is 0 Å². The lowest BCUT2D eigenvalue weighted by Gasteiger charge is -2.13. The molecule has 10 heteroatoms. The van der Waals surface area contributed by atoms with Gasteiger partial charge in [-0.15, -0.1) is 12.4 Å². The molecule has 1 aromatic heterocycles. The molecule has 0 fully saturated rings. The second kappa shape index (κ2) is 9.83. The number of allylic oxidation sites excluding steroid dienone is 1. The number of fused-ring (bicyclic) bond motifs is 1. The summed E-state index contributed by atoms with van der Waals surface area (Å²) in [5, 5.41) is 0.752. The van der Waals surface area contributed by atoms with Crippen molar-refractivity contribution < 1.29 is 17.6 Å². The van der Waals surface area contributed by atoms with E-state index in [1.807, 2.05) is 6.92 Å². The van der Waals surface area contributed by atoms with Crippen LogP contribution < -0.4 is 11.5 Å². The fourth-order valence-electron chi connectivity index (χ4n) is 3.56. The smallest absolute Gasteiger partial charge is 0.248 e. The minimum Gasteiger partial charge on any atom is -0.366 e. The molecule has 0 saturated carbocycles. The summed E-state index contributed by atoms with van der Waals surface area (Å²) in [5.74, 6) is -1.01. The first-order valence-electron chi connectivity index (χ1n) is 9.58. The van der Waals surface area contributed by atoms with Gasteiger partial charge in [-0.25, -0.2) is 17.1 Å². The number of sulfonamides is 1. The maximum absolute atomic E-state index is 14.4. The Morgan fingerprint density at radius 1 is 1.19 bits per heavy atom. The number of hydrogen-bond acceptors (Lipinski definition) is 4. The molecule has 0 unspecified atom stereocenters. The van der Waals surface area contributed by atoms with Crippen LogP contribution in [0.4, 0.5) is 4.39 Å². The summed E-state index contributed by atoms with van der Waals surface area (Å²) in [5.41, 5.74) is 13.9. The van der Waals surface area contributed by atoms with Crippen molar-refractivity contribution in [3.8, 4) is 11.1 Å². The van der Waals surface area contributed by atoms with Gasteiger partial charge in [0.25, 0.3) is 0 Å². The van der Waals surface area contributed by atoms with Gasteiger partial charge in [-0.1, -0.05) is 18.2 Å². The molecule has 7 nitrogen and oxygen atoms in total. The van der Waals surface area contributed by atoms with E-state index in [9.17, 15) is 17.6 Å². The largest absolute Gasteiger partial charge is 0.366 e. The molecule has 32 heavy (non-hydrogen) atoms. The van der Waals surface area contributed by atoms with E-state index < -0.39 is 21.8 Å². The Balaban J connectivity index is 0.00000363. The van der Waals surface area contributed by atoms with Gasteiger partial charge in [0.05, 0.1) is 17.0 Å². The molecule has 2 aromatic carbocycles. The number of hydrogen-bond donors (Lipinski definition) is 2. The van der Waals surface area contributed by atoms with E-state index in [-0.39, 0.29) is 30.4 Å². The predicted octanol–water partition coefficient (Wildman–Crippen LogP) is 3.20. The summed E-state index contributed by atoms with van der Waals surface area (Å²) in [6, 6.07) is 11.5. The van der Waals surface area contributed by atoms with Gasteiger partial charge in [-0.2, -0.15) is 0 Å². The highest BCUT2D eigenvalue weighted by Crippen LogP contribution is 2.36. The van der Waals surface area contributed by atoms with Gasteiger partial charge in [-0.3, -0.25) is 4.79 Å². The topological polar surface area (TPSA) is 111 Å². The van der Waals surface area contributed by atoms with Crippen LogP contribution in [0.25, 0.3) is 22.0 Å². The summed E-state index contributed by atoms with van der Waals surface area (Å²) < 4.78 is 42.4. The summed E-state index contributed by atoms with van der Waals surface area (Å²) in [4.78, 5) is 11.9. The minimum absolute atomic E-state index is 0. The summed E-state index contributed by atoms with van der Waals surface area (Å²) >= 11 is 0. The highest BCUT2D eigenvalue weighted by Gasteiger charge is 2.21. The van der Waals surface area contributed by atoms with Gasteiger partial charge in [0.1, 0.15) is 5.83 Å². The molecule has 4 N–H and O–H groups in total. The molecular formula is C22H26ClFN4O3S. The highest BCUT2D eigenvalue weighted by atomic mass is 35.5. The van der Waals surface area contributed by atoms with Gasteiger partial charge in [0, 0.05) is 42.8 Å². The molecule has 0 saturated heterocycles. The summed E-state index contributed by atoms with van der Waals surface area (Å²) in [6.45, 7) is 1.81. The second-order valence-corrected chi connectivity index (χ2v) is 9.50. The number of amides is 1. The number of nitrogens with zero attached hydrogens (tertiary/aromatic N) is 2. The monoisotopic (exact) mass is 480 g/mol. The molecule has 3 rings (SSSR count). The van der Waals surface area contributed by atoms with Crippen LogP contribution in [0.3, 0.4) is 0 Å². The molecule has 1 heterocycles. The van der Waals surface area contributed by atoms with Gasteiger partial charge in [-0.05, 0) is 42.8 Å². The number of halogens is 2. The van der Waals surface area contributed by atoms with E-state index in [4.69, 9.17) is 11.5 Å². The molecule has 0 aliphatic carbocycles. The summed E-state index contributed by atoms with van der Waals surface area (Å²) in [6.07, 6.45) is 1.28. The molecule has 3 aromatic rings. The van der Waals surface area contributed by atoms with Crippen LogP contribution in [0.5, 0.6) is 0 Å². The molecular weight excluding hydrogens is 455 g/mol. The van der Waals surface area contributed by atoms with Crippen molar-refractivity contribution in [3.05, 3.63) is 65.6 Å². The Morgan fingerprint density at radius 2 is 1.88 bits per heavy atom. The highest BCUT2D eigenvalue weighted by molar-refractivity contribution is 7.89. The molecule has 0 atom stereocenters. The zero-order valence-electron chi connectivity index (χ0n) is 18.0. The third kappa shape index (κ3) is 4.71. The van der Waals surface area contributed by atoms with Gasteiger partial charge in [0.15, 0.2) is 0 Å². The molecule has 0 bridgehead atoms. The van der Waals surface area contributed by atoms with E-state index in [2.05, 4.69) is 0 Å². The van der Waals surface area contributed by atoms with Crippen LogP contribution in [0.2, 0.25) is 0 Å². The average molecular weight is 481 g/mol. The van der Waals surface area contributed by atoms with Crippen LogP contribution in [0.1, 0.15) is 16.1 Å². The summed E-state index contributed by atoms with van der Waals surface area (Å²) in [7, 11) is -0.690. The van der Waals surface area contributed by atoms with Gasteiger partial charge in [0.2, 0.25) is 15.9 Å². The van der Waals surface area contributed by atoms with Crippen LogP contribution in [0.15, 0.2) is 59.3 Å². The van der Waals surface area contributed by atoms with Crippen molar-refractivity contribution in [3.63, 3.8) is 0 Å². The first kappa shape index (κ1) is 25.5. The molecule has 172 valence electrons. The first-order valence-corrected chi connectivity index (χ1v) is 11.0. The number of nitrogens with two attached hydrogens (primary N) is 2. The SMILES string of the molecule is Cc1c(-c2cccc(S(=O)(=O)N(C)C)c2)c2ccc(C(N)=O)cc2n1CC(F)=CCN.Cl. The molecule has 0 spiro atoms. The third-order valence-corrected chi connectivity index (χ3v) is 6.97. The third-order valence-electron chi connectivity index (χ3n) is 5.16. The molecule has 0 radical (unpaired) electrons. The quantitative estimate of drug-likeness (QED) is 0.540. The van der Waals surface area contributed by atoms with Gasteiger partial charge < -0.3 is 16.0 Å². The standard InChI is InChI=1S/C22H25FN4O3S.ClH/c1-14-21(15-5-4-6-18(11-15)31(29,30)26(2)3)19-8-7-16(22(25)28)12-20(19)27(14)13-17(23)9-10-24;/h4-9,11-12H,10,13,24H2,1-3H3,(H2,25,28);1H. The lowest BCUT2D eigenvalue weighted by Crippen LogP contribution is -2.22. The van der Waals surface area contributed by atoms with Crippen molar-refractivity contribution in [2.24, 2.45) is 11.5 Å². The average Bonchev–Trinajstić information content (AvgIpc) is 2.99. The van der Waals surface area contributed by atoms with Crippen molar-refractivity contribution in [1.82, 2.24) is 8.87 Å². The second-order valence-electron chi connectivity index (χ2n) is 7.34. The fourth-order valence-corrected chi connectivity index (χ4v) is 4.51. The minimum atomic E-state index is -3.63. The maximum Gasteiger partial charge on any atom is 0.248 e. The normalized spacial score (nSPS) is 12.2. The molecule has 0 aliphatic rings. The van der Waals surface area contributed by atoms with E-state index in [0.29, 0.717) is 16.6 Å². The Kier molecular flexibility index (Phi) is 7.84. The van der Waals surface area contributed by atoms with E-state index in [1.54, 1.807) is 41.0 Å². The first-order chi connectivity index (χ1) is 14.6. The maximum atomic E-state index is 14.4. The Hall–Kier alpha value is -2.72. The zero-order valence-corrected chi connectivity index (χ0v) is 19.6. The Morgan fingerprint density at radius 3 is 2.47 bits per heavy atom. The predicted molar refractivity (Wildman–Crippen MR) is 127 cm³/mol. The lowest BCUT2D eigenvalue weighted by molar-refractivity contribution is 0.100. The molecule has 0 aliphatic heterocycles. The molecule has 1 amide bonds. The number of carbonyl (C=O) groups is 1. The van der Waals surface area contributed by atoms with Crippen LogP contribution in [0, 0.1) is 6.92 Å². The van der Waals surface area contributed by atoms with Crippen LogP contribution in [-0.4, -0.2) is 43.8 Å². The number of primary amides is 1. The van der Waals surface area contributed by atoms with Crippen molar-refractivity contribution in [1.29, 1.82) is 0 Å². The van der Waals surface area contributed by atoms with Crippen LogP contribution >= 0.6 is 12.4 Å². The van der Waals surface area contributed by atoms with E-state index in [0.717, 1.165) is 20.9 Å². The van der Waals surface area contributed by atoms with Crippen LogP contribution in [-0.2, 0) is 16.6 Å². The number of rotatable bonds is 7. The fraction of sp³-hybridized carbons (Fsp3) is 0.227. The van der Waals surface area contributed by atoms with Gasteiger partial charge >= 0.3 is 0 Å².